The third kappa shape index (κ3) is 5.33. The molecule has 7 nitrogen and oxygen atoms in total. The topological polar surface area (TPSA) is 93.5 Å². The zero-order valence-electron chi connectivity index (χ0n) is 12.1. The maximum absolute atomic E-state index is 12.0. The van der Waals surface area contributed by atoms with Crippen molar-refractivity contribution in [3.8, 4) is 0 Å². The van der Waals surface area contributed by atoms with Gasteiger partial charge in [-0.05, 0) is 29.1 Å². The van der Waals surface area contributed by atoms with E-state index in [0.717, 1.165) is 4.68 Å². The summed E-state index contributed by atoms with van der Waals surface area (Å²) >= 11 is 4.70. The van der Waals surface area contributed by atoms with E-state index in [1.54, 1.807) is 6.92 Å². The van der Waals surface area contributed by atoms with Gasteiger partial charge in [0.25, 0.3) is 5.56 Å². The second-order valence-electron chi connectivity index (χ2n) is 4.69. The first-order chi connectivity index (χ1) is 9.80. The minimum absolute atomic E-state index is 0.251. The number of aromatic nitrogens is 2. The van der Waals surface area contributed by atoms with Gasteiger partial charge in [-0.25, -0.2) is 4.68 Å². The number of nitrogens with one attached hydrogen (secondary N) is 1. The fourth-order valence-electron chi connectivity index (χ4n) is 1.54. The summed E-state index contributed by atoms with van der Waals surface area (Å²) in [7, 11) is 1.24. The number of hydrogen-bond donors (Lipinski definition) is 2. The van der Waals surface area contributed by atoms with Crippen LogP contribution in [-0.2, 0) is 16.1 Å². The first-order valence-corrected chi connectivity index (χ1v) is 8.27. The van der Waals surface area contributed by atoms with Gasteiger partial charge in [0.1, 0.15) is 11.0 Å². The number of rotatable bonds is 7. The molecule has 0 radical (unpaired) electrons. The van der Waals surface area contributed by atoms with Crippen molar-refractivity contribution in [2.45, 2.75) is 19.1 Å². The largest absolute Gasteiger partial charge is 0.468 e. The molecule has 1 unspecified atom stereocenters. The highest BCUT2D eigenvalue weighted by Gasteiger charge is 2.20. The van der Waals surface area contributed by atoms with Gasteiger partial charge in [0.15, 0.2) is 0 Å². The molecule has 0 aliphatic heterocycles. The number of hydrogen-bond acceptors (Lipinski definition) is 7. The van der Waals surface area contributed by atoms with Crippen LogP contribution in [0, 0.1) is 0 Å². The fourth-order valence-corrected chi connectivity index (χ4v) is 2.71. The summed E-state index contributed by atoms with van der Waals surface area (Å²) in [5.41, 5.74) is -0.892. The average Bonchev–Trinajstić information content (AvgIpc) is 2.42. The predicted molar refractivity (Wildman–Crippen MR) is 85.7 cm³/mol. The highest BCUT2D eigenvalue weighted by atomic mass is 79.9. The van der Waals surface area contributed by atoms with E-state index in [9.17, 15) is 14.7 Å². The van der Waals surface area contributed by atoms with Crippen LogP contribution in [0.2, 0.25) is 0 Å². The SMILES string of the molecule is COC(=O)Cn1ncc(NCC(C)(O)CSC)c(Br)c1=O. The van der Waals surface area contributed by atoms with Crippen LogP contribution in [0.3, 0.4) is 0 Å². The van der Waals surface area contributed by atoms with Crippen LogP contribution in [-0.4, -0.2) is 52.1 Å². The first-order valence-electron chi connectivity index (χ1n) is 6.08. The molecule has 0 aliphatic carbocycles. The second kappa shape index (κ2) is 7.81. The number of nitrogens with zero attached hydrogens (tertiary/aromatic N) is 2. The van der Waals surface area contributed by atoms with Crippen molar-refractivity contribution < 1.29 is 14.6 Å². The third-order valence-electron chi connectivity index (χ3n) is 2.61. The van der Waals surface area contributed by atoms with Gasteiger partial charge in [-0.2, -0.15) is 16.9 Å². The Morgan fingerprint density at radius 3 is 2.90 bits per heavy atom. The number of thioether (sulfide) groups is 1. The number of halogens is 1. The van der Waals surface area contributed by atoms with Crippen LogP contribution in [0.25, 0.3) is 0 Å². The molecular formula is C12H18BrN3O4S. The molecule has 1 heterocycles. The molecule has 0 aliphatic rings. The smallest absolute Gasteiger partial charge is 0.327 e. The van der Waals surface area contributed by atoms with Gasteiger partial charge >= 0.3 is 5.97 Å². The van der Waals surface area contributed by atoms with E-state index in [2.05, 4.69) is 31.1 Å². The van der Waals surface area contributed by atoms with E-state index in [4.69, 9.17) is 0 Å². The minimum Gasteiger partial charge on any atom is -0.468 e. The predicted octanol–water partition coefficient (Wildman–Crippen LogP) is 0.705. The summed E-state index contributed by atoms with van der Waals surface area (Å²) in [6.07, 6.45) is 3.32. The molecule has 0 amide bonds. The molecule has 0 spiro atoms. The van der Waals surface area contributed by atoms with E-state index in [-0.39, 0.29) is 17.6 Å². The zero-order chi connectivity index (χ0) is 16.0. The number of aliphatic hydroxyl groups is 1. The molecule has 0 fully saturated rings. The lowest BCUT2D eigenvalue weighted by Gasteiger charge is -2.23. The summed E-state index contributed by atoms with van der Waals surface area (Å²) in [6.45, 7) is 1.73. The Balaban J connectivity index is 2.85. The Kier molecular flexibility index (Phi) is 6.69. The van der Waals surface area contributed by atoms with Crippen molar-refractivity contribution >= 4 is 39.3 Å². The van der Waals surface area contributed by atoms with Gasteiger partial charge in [0.05, 0.1) is 24.6 Å². The lowest BCUT2D eigenvalue weighted by atomic mass is 10.1. The average molecular weight is 380 g/mol. The Morgan fingerprint density at radius 1 is 1.67 bits per heavy atom. The van der Waals surface area contributed by atoms with Crippen molar-refractivity contribution in [1.82, 2.24) is 9.78 Å². The maximum atomic E-state index is 12.0. The van der Waals surface area contributed by atoms with E-state index >= 15 is 0 Å². The zero-order valence-corrected chi connectivity index (χ0v) is 14.5. The van der Waals surface area contributed by atoms with E-state index in [1.807, 2.05) is 6.26 Å². The number of carbonyl (C=O) groups is 1. The highest BCUT2D eigenvalue weighted by Crippen LogP contribution is 2.18. The number of methoxy groups -OCH3 is 1. The van der Waals surface area contributed by atoms with Crippen LogP contribution in [0.4, 0.5) is 5.69 Å². The Labute approximate surface area is 135 Å². The molecular weight excluding hydrogens is 362 g/mol. The minimum atomic E-state index is -0.903. The first kappa shape index (κ1) is 18.0. The van der Waals surface area contributed by atoms with Crippen molar-refractivity contribution in [2.24, 2.45) is 0 Å². The van der Waals surface area contributed by atoms with Crippen molar-refractivity contribution in [3.05, 3.63) is 21.0 Å². The van der Waals surface area contributed by atoms with Gasteiger partial charge in [0, 0.05) is 12.3 Å². The number of ether oxygens (including phenoxy) is 1. The highest BCUT2D eigenvalue weighted by molar-refractivity contribution is 9.10. The summed E-state index contributed by atoms with van der Waals surface area (Å²) in [6, 6.07) is 0. The fraction of sp³-hybridized carbons (Fsp3) is 0.583. The maximum Gasteiger partial charge on any atom is 0.327 e. The van der Waals surface area contributed by atoms with Crippen LogP contribution < -0.4 is 10.9 Å². The van der Waals surface area contributed by atoms with Gasteiger partial charge in [0.2, 0.25) is 0 Å². The molecule has 1 aromatic rings. The van der Waals surface area contributed by atoms with Gasteiger partial charge in [-0.15, -0.1) is 0 Å². The Hall–Kier alpha value is -1.06. The molecule has 118 valence electrons. The van der Waals surface area contributed by atoms with Gasteiger partial charge < -0.3 is 15.2 Å². The third-order valence-corrected chi connectivity index (χ3v) is 4.28. The summed E-state index contributed by atoms with van der Waals surface area (Å²) in [5, 5.41) is 16.9. The Bertz CT molecular complexity index is 562. The molecule has 0 saturated heterocycles. The standard InChI is InChI=1S/C12H18BrN3O4S/c1-12(19,7-21-3)6-14-8-4-15-16(5-9(17)20-2)11(18)10(8)13/h4,14,19H,5-7H2,1-3H3. The van der Waals surface area contributed by atoms with Crippen LogP contribution >= 0.6 is 27.7 Å². The molecule has 0 bridgehead atoms. The van der Waals surface area contributed by atoms with Crippen LogP contribution in [0.1, 0.15) is 6.92 Å². The molecule has 1 aromatic heterocycles. The number of esters is 1. The van der Waals surface area contributed by atoms with Gasteiger partial charge in [-0.1, -0.05) is 0 Å². The molecule has 21 heavy (non-hydrogen) atoms. The van der Waals surface area contributed by atoms with Crippen LogP contribution in [0.5, 0.6) is 0 Å². The number of anilines is 1. The molecule has 1 rings (SSSR count). The number of carbonyl (C=O) groups excluding carboxylic acids is 1. The molecule has 0 saturated carbocycles. The second-order valence-corrected chi connectivity index (χ2v) is 6.35. The van der Waals surface area contributed by atoms with Gasteiger partial charge in [-0.3, -0.25) is 9.59 Å². The van der Waals surface area contributed by atoms with E-state index in [0.29, 0.717) is 11.4 Å². The molecule has 1 atom stereocenters. The van der Waals surface area contributed by atoms with E-state index in [1.165, 1.54) is 25.1 Å². The summed E-state index contributed by atoms with van der Waals surface area (Å²) < 4.78 is 5.75. The van der Waals surface area contributed by atoms with Crippen molar-refractivity contribution in [1.29, 1.82) is 0 Å². The molecule has 9 heteroatoms. The monoisotopic (exact) mass is 379 g/mol. The summed E-state index contributed by atoms with van der Waals surface area (Å²) in [5.74, 6) is 0.00452. The normalized spacial score (nSPS) is 13.6. The van der Waals surface area contributed by atoms with Crippen LogP contribution in [0.15, 0.2) is 15.5 Å². The quantitative estimate of drug-likeness (QED) is 0.673. The van der Waals surface area contributed by atoms with Crippen molar-refractivity contribution in [3.63, 3.8) is 0 Å². The lowest BCUT2D eigenvalue weighted by Crippen LogP contribution is -2.36. The van der Waals surface area contributed by atoms with E-state index < -0.39 is 17.1 Å². The molecule has 2 N–H and O–H groups in total. The van der Waals surface area contributed by atoms with Crippen molar-refractivity contribution in [2.75, 3.05) is 31.0 Å². The summed E-state index contributed by atoms with van der Waals surface area (Å²) in [4.78, 5) is 23.2. The Morgan fingerprint density at radius 2 is 2.33 bits per heavy atom. The lowest BCUT2D eigenvalue weighted by molar-refractivity contribution is -0.141. The molecule has 0 aromatic carbocycles.